The number of aryl methyl sites for hydroxylation is 1. The van der Waals surface area contributed by atoms with Crippen LogP contribution in [0.15, 0.2) is 48.7 Å². The maximum atomic E-state index is 12.2. The second kappa shape index (κ2) is 6.79. The van der Waals surface area contributed by atoms with Crippen LogP contribution in [0.5, 0.6) is 0 Å². The number of carbonyl (C=O) groups is 1. The first-order chi connectivity index (χ1) is 11.1. The number of aromatic nitrogens is 1. The van der Waals surface area contributed by atoms with Gasteiger partial charge in [-0.15, -0.1) is 11.3 Å². The van der Waals surface area contributed by atoms with Gasteiger partial charge in [0.2, 0.25) is 0 Å². The Labute approximate surface area is 139 Å². The summed E-state index contributed by atoms with van der Waals surface area (Å²) in [6, 6.07) is 14.4. The van der Waals surface area contributed by atoms with Gasteiger partial charge in [-0.2, -0.15) is 0 Å². The molecule has 0 radical (unpaired) electrons. The van der Waals surface area contributed by atoms with E-state index in [0.717, 1.165) is 15.4 Å². The summed E-state index contributed by atoms with van der Waals surface area (Å²) in [7, 11) is 1.80. The van der Waals surface area contributed by atoms with Crippen LogP contribution in [-0.4, -0.2) is 23.0 Å². The summed E-state index contributed by atoms with van der Waals surface area (Å²) in [5.74, 6) is 0. The number of amides is 2. The van der Waals surface area contributed by atoms with Crippen molar-refractivity contribution in [3.63, 3.8) is 0 Å². The van der Waals surface area contributed by atoms with E-state index in [4.69, 9.17) is 0 Å². The van der Waals surface area contributed by atoms with Crippen LogP contribution < -0.4 is 5.32 Å². The second-order valence-electron chi connectivity index (χ2n) is 5.54. The number of hydrogen-bond acceptors (Lipinski definition) is 3. The van der Waals surface area contributed by atoms with Gasteiger partial charge >= 0.3 is 6.03 Å². The maximum absolute atomic E-state index is 12.2. The Bertz CT molecular complexity index is 828. The molecule has 1 N–H and O–H groups in total. The second-order valence-corrected chi connectivity index (χ2v) is 6.86. The fraction of sp³-hybridized carbons (Fsp3) is 0.222. The zero-order chi connectivity index (χ0) is 16.2. The summed E-state index contributed by atoms with van der Waals surface area (Å²) < 4.78 is 0. The Hall–Kier alpha value is -2.40. The Kier molecular flexibility index (Phi) is 4.57. The van der Waals surface area contributed by atoms with Crippen LogP contribution in [0.4, 0.5) is 4.79 Å². The number of rotatable bonds is 4. The third kappa shape index (κ3) is 3.87. The predicted molar refractivity (Wildman–Crippen MR) is 94.5 cm³/mol. The predicted octanol–water partition coefficient (Wildman–Crippen LogP) is 3.95. The average molecular weight is 325 g/mol. The number of fused-ring (bicyclic) bond motifs is 1. The molecule has 0 atom stereocenters. The molecule has 0 bridgehead atoms. The molecule has 0 unspecified atom stereocenters. The van der Waals surface area contributed by atoms with Crippen LogP contribution in [0.2, 0.25) is 0 Å². The van der Waals surface area contributed by atoms with Crippen molar-refractivity contribution in [1.82, 2.24) is 15.2 Å². The number of urea groups is 1. The number of nitrogens with zero attached hydrogens (tertiary/aromatic N) is 2. The van der Waals surface area contributed by atoms with E-state index in [1.165, 1.54) is 10.8 Å². The first kappa shape index (κ1) is 15.5. The van der Waals surface area contributed by atoms with Crippen molar-refractivity contribution >= 4 is 28.1 Å². The molecule has 0 saturated carbocycles. The van der Waals surface area contributed by atoms with Gasteiger partial charge in [-0.05, 0) is 29.3 Å². The largest absolute Gasteiger partial charge is 0.334 e. The summed E-state index contributed by atoms with van der Waals surface area (Å²) >= 11 is 1.62. The highest BCUT2D eigenvalue weighted by Gasteiger charge is 2.10. The molecule has 0 aliphatic rings. The molecule has 23 heavy (non-hydrogen) atoms. The highest BCUT2D eigenvalue weighted by Crippen LogP contribution is 2.16. The highest BCUT2D eigenvalue weighted by atomic mass is 32.1. The van der Waals surface area contributed by atoms with Crippen molar-refractivity contribution in [2.24, 2.45) is 0 Å². The number of nitrogens with one attached hydrogen (secondary N) is 1. The molecule has 2 amide bonds. The Morgan fingerprint density at radius 1 is 1.22 bits per heavy atom. The minimum atomic E-state index is -0.0794. The number of benzene rings is 2. The number of thiazole rings is 1. The molecule has 0 fully saturated rings. The van der Waals surface area contributed by atoms with Crippen molar-refractivity contribution < 1.29 is 4.79 Å². The molecule has 0 spiro atoms. The average Bonchev–Trinajstić information content (AvgIpc) is 2.97. The lowest BCUT2D eigenvalue weighted by Crippen LogP contribution is -2.36. The zero-order valence-electron chi connectivity index (χ0n) is 13.2. The molecule has 2 aromatic carbocycles. The van der Waals surface area contributed by atoms with E-state index in [1.54, 1.807) is 23.3 Å². The van der Waals surface area contributed by atoms with Crippen molar-refractivity contribution in [2.75, 3.05) is 7.05 Å². The molecular formula is C18H19N3OS. The van der Waals surface area contributed by atoms with E-state index in [9.17, 15) is 4.79 Å². The van der Waals surface area contributed by atoms with Crippen LogP contribution in [0.25, 0.3) is 10.8 Å². The van der Waals surface area contributed by atoms with Crippen LogP contribution in [0.1, 0.15) is 15.4 Å². The fourth-order valence-corrected chi connectivity index (χ4v) is 3.29. The lowest BCUT2D eigenvalue weighted by Gasteiger charge is -2.17. The van der Waals surface area contributed by atoms with Crippen molar-refractivity contribution in [3.8, 4) is 0 Å². The minimum absolute atomic E-state index is 0.0794. The zero-order valence-corrected chi connectivity index (χ0v) is 14.1. The summed E-state index contributed by atoms with van der Waals surface area (Å²) in [6.45, 7) is 3.07. The van der Waals surface area contributed by atoms with Crippen LogP contribution >= 0.6 is 11.3 Å². The lowest BCUT2D eigenvalue weighted by molar-refractivity contribution is 0.207. The van der Waals surface area contributed by atoms with Crippen molar-refractivity contribution in [1.29, 1.82) is 0 Å². The van der Waals surface area contributed by atoms with Crippen LogP contribution in [0.3, 0.4) is 0 Å². The molecule has 0 saturated heterocycles. The van der Waals surface area contributed by atoms with E-state index in [0.29, 0.717) is 13.1 Å². The minimum Gasteiger partial charge on any atom is -0.334 e. The molecule has 118 valence electrons. The SMILES string of the molecule is Cc1ncc(CN(C)C(=O)NCc2ccc3ccccc3c2)s1. The van der Waals surface area contributed by atoms with E-state index < -0.39 is 0 Å². The maximum Gasteiger partial charge on any atom is 0.317 e. The Morgan fingerprint density at radius 3 is 2.74 bits per heavy atom. The van der Waals surface area contributed by atoms with Crippen LogP contribution in [0, 0.1) is 6.92 Å². The summed E-state index contributed by atoms with van der Waals surface area (Å²) in [4.78, 5) is 19.2. The molecule has 3 aromatic rings. The summed E-state index contributed by atoms with van der Waals surface area (Å²) in [5, 5.41) is 6.38. The molecule has 5 heteroatoms. The molecular weight excluding hydrogens is 306 g/mol. The van der Waals surface area contributed by atoms with Crippen molar-refractivity contribution in [3.05, 3.63) is 64.1 Å². The molecule has 0 aliphatic heterocycles. The summed E-state index contributed by atoms with van der Waals surface area (Å²) in [5.41, 5.74) is 1.10. The molecule has 1 heterocycles. The van der Waals surface area contributed by atoms with Gasteiger partial charge in [-0.3, -0.25) is 0 Å². The third-order valence-corrected chi connectivity index (χ3v) is 4.56. The standard InChI is InChI=1S/C18H19N3OS/c1-13-19-11-17(23-13)12-21(2)18(22)20-10-14-7-8-15-5-3-4-6-16(15)9-14/h3-9,11H,10,12H2,1-2H3,(H,20,22). The summed E-state index contributed by atoms with van der Waals surface area (Å²) in [6.07, 6.45) is 1.83. The van der Waals surface area contributed by atoms with Gasteiger partial charge in [-0.25, -0.2) is 9.78 Å². The third-order valence-electron chi connectivity index (χ3n) is 3.67. The van der Waals surface area contributed by atoms with Gasteiger partial charge in [-0.1, -0.05) is 36.4 Å². The normalized spacial score (nSPS) is 10.7. The van der Waals surface area contributed by atoms with Gasteiger partial charge in [0.25, 0.3) is 0 Å². The van der Waals surface area contributed by atoms with Gasteiger partial charge < -0.3 is 10.2 Å². The number of hydrogen-bond donors (Lipinski definition) is 1. The van der Waals surface area contributed by atoms with Crippen molar-refractivity contribution in [2.45, 2.75) is 20.0 Å². The molecule has 0 aliphatic carbocycles. The smallest absolute Gasteiger partial charge is 0.317 e. The first-order valence-corrected chi connectivity index (χ1v) is 8.31. The van der Waals surface area contributed by atoms with Gasteiger partial charge in [0.15, 0.2) is 0 Å². The van der Waals surface area contributed by atoms with Gasteiger partial charge in [0, 0.05) is 24.7 Å². The molecule has 1 aromatic heterocycles. The Balaban J connectivity index is 1.58. The molecule has 4 nitrogen and oxygen atoms in total. The van der Waals surface area contributed by atoms with E-state index in [1.807, 2.05) is 25.3 Å². The lowest BCUT2D eigenvalue weighted by atomic mass is 10.1. The highest BCUT2D eigenvalue weighted by molar-refractivity contribution is 7.11. The molecule has 3 rings (SSSR count). The van der Waals surface area contributed by atoms with E-state index in [2.05, 4.69) is 40.6 Å². The van der Waals surface area contributed by atoms with E-state index in [-0.39, 0.29) is 6.03 Å². The fourth-order valence-electron chi connectivity index (χ4n) is 2.45. The van der Waals surface area contributed by atoms with Gasteiger partial charge in [0.1, 0.15) is 0 Å². The van der Waals surface area contributed by atoms with Crippen LogP contribution in [-0.2, 0) is 13.1 Å². The number of carbonyl (C=O) groups excluding carboxylic acids is 1. The topological polar surface area (TPSA) is 45.2 Å². The van der Waals surface area contributed by atoms with Gasteiger partial charge in [0.05, 0.1) is 11.6 Å². The quantitative estimate of drug-likeness (QED) is 0.789. The Morgan fingerprint density at radius 2 is 2.00 bits per heavy atom. The van der Waals surface area contributed by atoms with E-state index >= 15 is 0 Å². The first-order valence-electron chi connectivity index (χ1n) is 7.50. The monoisotopic (exact) mass is 325 g/mol.